The quantitative estimate of drug-likeness (QED) is 0.924. The number of alkyl halides is 2. The van der Waals surface area contributed by atoms with Gasteiger partial charge in [0, 0.05) is 12.8 Å². The maximum atomic E-state index is 13.2. The summed E-state index contributed by atoms with van der Waals surface area (Å²) in [6, 6.07) is 3.01. The van der Waals surface area contributed by atoms with Crippen LogP contribution in [0.4, 0.5) is 8.78 Å². The van der Waals surface area contributed by atoms with Crippen LogP contribution in [-0.2, 0) is 6.42 Å². The number of fused-ring (bicyclic) bond motifs is 1. The molecule has 1 aliphatic heterocycles. The highest BCUT2D eigenvalue weighted by Crippen LogP contribution is 2.39. The molecule has 0 unspecified atom stereocenters. The van der Waals surface area contributed by atoms with Gasteiger partial charge in [0.2, 0.25) is 0 Å². The molecular formula is C12H14ClF2NO2. The molecule has 1 aromatic rings. The first-order chi connectivity index (χ1) is 8.52. The highest BCUT2D eigenvalue weighted by atomic mass is 35.5. The minimum atomic E-state index is -2.94. The van der Waals surface area contributed by atoms with Gasteiger partial charge in [0.25, 0.3) is 5.92 Å². The summed E-state index contributed by atoms with van der Waals surface area (Å²) in [4.78, 5) is 0. The van der Waals surface area contributed by atoms with Crippen LogP contribution in [0.5, 0.6) is 11.5 Å². The van der Waals surface area contributed by atoms with Crippen LogP contribution in [0.25, 0.3) is 0 Å². The Bertz CT molecular complexity index is 440. The van der Waals surface area contributed by atoms with E-state index in [1.165, 1.54) is 12.1 Å². The summed E-state index contributed by atoms with van der Waals surface area (Å²) in [5.41, 5.74) is 5.40. The third kappa shape index (κ3) is 3.03. The van der Waals surface area contributed by atoms with E-state index < -0.39 is 18.9 Å². The van der Waals surface area contributed by atoms with Crippen molar-refractivity contribution in [1.82, 2.24) is 0 Å². The molecule has 0 radical (unpaired) electrons. The zero-order valence-corrected chi connectivity index (χ0v) is 10.5. The van der Waals surface area contributed by atoms with Crippen molar-refractivity contribution in [2.75, 3.05) is 19.8 Å². The van der Waals surface area contributed by atoms with Crippen molar-refractivity contribution in [1.29, 1.82) is 0 Å². The van der Waals surface area contributed by atoms with Crippen molar-refractivity contribution >= 4 is 11.6 Å². The zero-order chi connectivity index (χ0) is 13.2. The molecule has 0 aliphatic carbocycles. The van der Waals surface area contributed by atoms with Gasteiger partial charge in [0.15, 0.2) is 11.5 Å². The van der Waals surface area contributed by atoms with Crippen LogP contribution < -0.4 is 15.2 Å². The first-order valence-corrected chi connectivity index (χ1v) is 6.05. The maximum Gasteiger partial charge on any atom is 0.264 e. The SMILES string of the molecule is NCC(F)(F)Cc1cc(Cl)c2c(c1)OCCCO2. The highest BCUT2D eigenvalue weighted by Gasteiger charge is 2.28. The van der Waals surface area contributed by atoms with E-state index >= 15 is 0 Å². The summed E-state index contributed by atoms with van der Waals surface area (Å²) in [6.45, 7) is 0.296. The normalized spacial score (nSPS) is 15.3. The minimum absolute atomic E-state index is 0.289. The van der Waals surface area contributed by atoms with Gasteiger partial charge in [-0.1, -0.05) is 11.6 Å². The fraction of sp³-hybridized carbons (Fsp3) is 0.500. The molecule has 0 bridgehead atoms. The van der Waals surface area contributed by atoms with E-state index in [0.717, 1.165) is 6.42 Å². The summed E-state index contributed by atoms with van der Waals surface area (Å²) in [7, 11) is 0. The second-order valence-electron chi connectivity index (χ2n) is 4.19. The molecule has 1 aromatic carbocycles. The Morgan fingerprint density at radius 1 is 1.28 bits per heavy atom. The zero-order valence-electron chi connectivity index (χ0n) is 9.72. The average molecular weight is 278 g/mol. The number of benzene rings is 1. The van der Waals surface area contributed by atoms with Gasteiger partial charge in [-0.15, -0.1) is 0 Å². The molecule has 100 valence electrons. The molecule has 18 heavy (non-hydrogen) atoms. The van der Waals surface area contributed by atoms with E-state index in [-0.39, 0.29) is 5.02 Å². The third-order valence-electron chi connectivity index (χ3n) is 2.62. The van der Waals surface area contributed by atoms with Gasteiger partial charge in [-0.25, -0.2) is 8.78 Å². The number of nitrogens with two attached hydrogens (primary N) is 1. The van der Waals surface area contributed by atoms with Crippen molar-refractivity contribution in [2.24, 2.45) is 5.73 Å². The lowest BCUT2D eigenvalue weighted by Gasteiger charge is -2.16. The number of halogens is 3. The van der Waals surface area contributed by atoms with Crippen LogP contribution in [0.15, 0.2) is 12.1 Å². The van der Waals surface area contributed by atoms with Crippen molar-refractivity contribution in [3.63, 3.8) is 0 Å². The van der Waals surface area contributed by atoms with Gasteiger partial charge in [-0.2, -0.15) is 0 Å². The monoisotopic (exact) mass is 277 g/mol. The Hall–Kier alpha value is -1.07. The summed E-state index contributed by atoms with van der Waals surface area (Å²) in [6.07, 6.45) is 0.277. The van der Waals surface area contributed by atoms with E-state index in [4.69, 9.17) is 26.8 Å². The Morgan fingerprint density at radius 2 is 2.00 bits per heavy atom. The molecule has 2 N–H and O–H groups in total. The van der Waals surface area contributed by atoms with Crippen molar-refractivity contribution < 1.29 is 18.3 Å². The van der Waals surface area contributed by atoms with Crippen LogP contribution in [0.1, 0.15) is 12.0 Å². The van der Waals surface area contributed by atoms with E-state index in [1.807, 2.05) is 0 Å². The van der Waals surface area contributed by atoms with Crippen LogP contribution in [0.3, 0.4) is 0 Å². The van der Waals surface area contributed by atoms with E-state index in [2.05, 4.69) is 0 Å². The lowest BCUT2D eigenvalue weighted by molar-refractivity contribution is 0.0114. The summed E-state index contributed by atoms with van der Waals surface area (Å²) in [5, 5.41) is 0.289. The van der Waals surface area contributed by atoms with Gasteiger partial charge < -0.3 is 15.2 Å². The molecule has 0 aromatic heterocycles. The molecule has 1 heterocycles. The topological polar surface area (TPSA) is 44.5 Å². The van der Waals surface area contributed by atoms with Gasteiger partial charge in [-0.05, 0) is 17.7 Å². The smallest absolute Gasteiger partial charge is 0.264 e. The lowest BCUT2D eigenvalue weighted by Crippen LogP contribution is -2.30. The average Bonchev–Trinajstić information content (AvgIpc) is 2.54. The van der Waals surface area contributed by atoms with Gasteiger partial charge in [-0.3, -0.25) is 0 Å². The number of hydrogen-bond acceptors (Lipinski definition) is 3. The Kier molecular flexibility index (Phi) is 3.92. The first kappa shape index (κ1) is 13.4. The summed E-state index contributed by atoms with van der Waals surface area (Å²) in [5.74, 6) is -2.10. The lowest BCUT2D eigenvalue weighted by atomic mass is 10.1. The van der Waals surface area contributed by atoms with Crippen molar-refractivity contribution in [2.45, 2.75) is 18.8 Å². The Labute approximate surface area is 109 Å². The fourth-order valence-electron chi connectivity index (χ4n) is 1.76. The molecule has 0 atom stereocenters. The Balaban J connectivity index is 2.29. The predicted molar refractivity (Wildman–Crippen MR) is 64.8 cm³/mol. The molecule has 0 saturated heterocycles. The number of hydrogen-bond donors (Lipinski definition) is 1. The van der Waals surface area contributed by atoms with Crippen LogP contribution in [0, 0.1) is 0 Å². The predicted octanol–water partition coefficient (Wildman–Crippen LogP) is 2.64. The summed E-state index contributed by atoms with van der Waals surface area (Å²) < 4.78 is 37.3. The van der Waals surface area contributed by atoms with Crippen LogP contribution >= 0.6 is 11.6 Å². The second kappa shape index (κ2) is 5.28. The standard InChI is InChI=1S/C12H14ClF2NO2/c13-9-4-8(6-12(14,15)7-16)5-10-11(9)18-3-1-2-17-10/h4-5H,1-3,6-7,16H2. The van der Waals surface area contributed by atoms with Gasteiger partial charge >= 0.3 is 0 Å². The molecule has 0 fully saturated rings. The molecule has 2 rings (SSSR count). The van der Waals surface area contributed by atoms with Crippen LogP contribution in [-0.4, -0.2) is 25.7 Å². The molecular weight excluding hydrogens is 264 g/mol. The fourth-order valence-corrected chi connectivity index (χ4v) is 2.04. The minimum Gasteiger partial charge on any atom is -0.489 e. The molecule has 3 nitrogen and oxygen atoms in total. The molecule has 0 saturated carbocycles. The highest BCUT2D eigenvalue weighted by molar-refractivity contribution is 6.32. The molecule has 0 amide bonds. The van der Waals surface area contributed by atoms with Crippen molar-refractivity contribution in [3.05, 3.63) is 22.7 Å². The molecule has 6 heteroatoms. The van der Waals surface area contributed by atoms with Gasteiger partial charge in [0.05, 0.1) is 24.8 Å². The third-order valence-corrected chi connectivity index (χ3v) is 2.90. The van der Waals surface area contributed by atoms with E-state index in [9.17, 15) is 8.78 Å². The molecule has 0 spiro atoms. The number of ether oxygens (including phenoxy) is 2. The second-order valence-corrected chi connectivity index (χ2v) is 4.60. The van der Waals surface area contributed by atoms with E-state index in [1.54, 1.807) is 0 Å². The van der Waals surface area contributed by atoms with Crippen LogP contribution in [0.2, 0.25) is 5.02 Å². The summed E-state index contributed by atoms with van der Waals surface area (Å²) >= 11 is 6.01. The van der Waals surface area contributed by atoms with Crippen molar-refractivity contribution in [3.8, 4) is 11.5 Å². The maximum absolute atomic E-state index is 13.2. The number of rotatable bonds is 3. The Morgan fingerprint density at radius 3 is 2.72 bits per heavy atom. The van der Waals surface area contributed by atoms with E-state index in [0.29, 0.717) is 30.3 Å². The first-order valence-electron chi connectivity index (χ1n) is 5.68. The largest absolute Gasteiger partial charge is 0.489 e. The molecule has 1 aliphatic rings. The van der Waals surface area contributed by atoms with Gasteiger partial charge in [0.1, 0.15) is 0 Å².